The summed E-state index contributed by atoms with van der Waals surface area (Å²) in [6.07, 6.45) is 2.67. The summed E-state index contributed by atoms with van der Waals surface area (Å²) in [5, 5.41) is 8.44. The molecule has 1 fully saturated rings. The fourth-order valence-corrected chi connectivity index (χ4v) is 3.38. The number of fused-ring (bicyclic) bond motifs is 1. The smallest absolute Gasteiger partial charge is 0.252 e. The second kappa shape index (κ2) is 7.61. The standard InChI is InChI=1S/C17H28N4O3/c1-4-14-18-19-15-10-20(7-8-21(14)15)17(22)16(12(2)3)24-11-13-6-5-9-23-13/h12-13,16H,4-11H2,1-3H3/t13-,16+/m0/s1. The molecule has 134 valence electrons. The lowest BCUT2D eigenvalue weighted by atomic mass is 10.1. The van der Waals surface area contributed by atoms with Gasteiger partial charge in [-0.25, -0.2) is 0 Å². The number of amides is 1. The van der Waals surface area contributed by atoms with Crippen molar-refractivity contribution in [2.24, 2.45) is 5.92 Å². The summed E-state index contributed by atoms with van der Waals surface area (Å²) in [6, 6.07) is 0. The quantitative estimate of drug-likeness (QED) is 0.785. The highest BCUT2D eigenvalue weighted by molar-refractivity contribution is 5.81. The summed E-state index contributed by atoms with van der Waals surface area (Å²) in [5.41, 5.74) is 0. The van der Waals surface area contributed by atoms with E-state index in [0.717, 1.165) is 44.1 Å². The zero-order valence-electron chi connectivity index (χ0n) is 14.9. The highest BCUT2D eigenvalue weighted by Gasteiger charge is 2.32. The maximum absolute atomic E-state index is 12.9. The Bertz CT molecular complexity index is 566. The first-order valence-electron chi connectivity index (χ1n) is 9.03. The van der Waals surface area contributed by atoms with Gasteiger partial charge in [0.1, 0.15) is 11.9 Å². The van der Waals surface area contributed by atoms with E-state index in [1.807, 2.05) is 18.7 Å². The fraction of sp³-hybridized carbons (Fsp3) is 0.824. The Kier molecular flexibility index (Phi) is 5.50. The molecule has 0 radical (unpaired) electrons. The van der Waals surface area contributed by atoms with Crippen molar-refractivity contribution in [2.45, 2.75) is 65.3 Å². The molecule has 7 heteroatoms. The van der Waals surface area contributed by atoms with Crippen LogP contribution in [-0.2, 0) is 33.8 Å². The van der Waals surface area contributed by atoms with Crippen LogP contribution in [0.2, 0.25) is 0 Å². The molecule has 0 aliphatic carbocycles. The summed E-state index contributed by atoms with van der Waals surface area (Å²) in [4.78, 5) is 14.8. The van der Waals surface area contributed by atoms with E-state index in [2.05, 4.69) is 21.7 Å². The van der Waals surface area contributed by atoms with E-state index in [0.29, 0.717) is 19.7 Å². The van der Waals surface area contributed by atoms with Crippen molar-refractivity contribution in [3.05, 3.63) is 11.6 Å². The Morgan fingerprint density at radius 1 is 1.38 bits per heavy atom. The molecular weight excluding hydrogens is 308 g/mol. The number of rotatable bonds is 6. The Morgan fingerprint density at radius 2 is 2.21 bits per heavy atom. The van der Waals surface area contributed by atoms with Crippen molar-refractivity contribution in [1.29, 1.82) is 0 Å². The van der Waals surface area contributed by atoms with E-state index >= 15 is 0 Å². The van der Waals surface area contributed by atoms with Crippen LogP contribution < -0.4 is 0 Å². The van der Waals surface area contributed by atoms with Gasteiger partial charge in [-0.1, -0.05) is 20.8 Å². The van der Waals surface area contributed by atoms with Gasteiger partial charge in [0.25, 0.3) is 5.91 Å². The van der Waals surface area contributed by atoms with Gasteiger partial charge in [-0.2, -0.15) is 0 Å². The molecule has 0 unspecified atom stereocenters. The number of aromatic nitrogens is 3. The van der Waals surface area contributed by atoms with E-state index < -0.39 is 6.10 Å². The molecule has 1 aromatic rings. The largest absolute Gasteiger partial charge is 0.376 e. The molecule has 2 atom stereocenters. The van der Waals surface area contributed by atoms with Gasteiger partial charge in [0.2, 0.25) is 0 Å². The molecule has 0 bridgehead atoms. The highest BCUT2D eigenvalue weighted by Crippen LogP contribution is 2.19. The number of aryl methyl sites for hydroxylation is 1. The van der Waals surface area contributed by atoms with Gasteiger partial charge in [0.05, 0.1) is 19.3 Å². The summed E-state index contributed by atoms with van der Waals surface area (Å²) >= 11 is 0. The molecular formula is C17H28N4O3. The SMILES string of the molecule is CCc1nnc2n1CCN(C(=O)[C@H](OC[C@@H]1CCCO1)C(C)C)C2. The molecule has 7 nitrogen and oxygen atoms in total. The lowest BCUT2D eigenvalue weighted by Gasteiger charge is -2.32. The van der Waals surface area contributed by atoms with Crippen LogP contribution in [0, 0.1) is 5.92 Å². The van der Waals surface area contributed by atoms with Gasteiger partial charge in [-0.15, -0.1) is 10.2 Å². The normalized spacial score (nSPS) is 22.0. The maximum Gasteiger partial charge on any atom is 0.252 e. The first kappa shape index (κ1) is 17.4. The molecule has 1 saturated heterocycles. The summed E-state index contributed by atoms with van der Waals surface area (Å²) in [5.74, 6) is 2.04. The number of nitrogens with zero attached hydrogens (tertiary/aromatic N) is 4. The molecule has 24 heavy (non-hydrogen) atoms. The van der Waals surface area contributed by atoms with E-state index in [1.54, 1.807) is 0 Å². The third-order valence-corrected chi connectivity index (χ3v) is 4.79. The van der Waals surface area contributed by atoms with Crippen LogP contribution in [0.15, 0.2) is 0 Å². The Hall–Kier alpha value is -1.47. The third-order valence-electron chi connectivity index (χ3n) is 4.79. The monoisotopic (exact) mass is 336 g/mol. The first-order valence-corrected chi connectivity index (χ1v) is 9.03. The predicted molar refractivity (Wildman–Crippen MR) is 88.4 cm³/mol. The zero-order chi connectivity index (χ0) is 17.1. The zero-order valence-corrected chi connectivity index (χ0v) is 14.9. The molecule has 2 aliphatic rings. The summed E-state index contributed by atoms with van der Waals surface area (Å²) in [6.45, 7) is 9.38. The average molecular weight is 336 g/mol. The third kappa shape index (κ3) is 3.62. The molecule has 3 rings (SSSR count). The first-order chi connectivity index (χ1) is 11.6. The van der Waals surface area contributed by atoms with E-state index in [-0.39, 0.29) is 17.9 Å². The number of hydrogen-bond donors (Lipinski definition) is 0. The topological polar surface area (TPSA) is 69.5 Å². The van der Waals surface area contributed by atoms with Crippen molar-refractivity contribution in [2.75, 3.05) is 19.8 Å². The number of ether oxygens (including phenoxy) is 2. The second-order valence-electron chi connectivity index (χ2n) is 6.93. The van der Waals surface area contributed by atoms with Gasteiger partial charge in [-0.05, 0) is 18.8 Å². The molecule has 3 heterocycles. The average Bonchev–Trinajstić information content (AvgIpc) is 3.23. The highest BCUT2D eigenvalue weighted by atomic mass is 16.5. The van der Waals surface area contributed by atoms with Crippen molar-refractivity contribution >= 4 is 5.91 Å². The van der Waals surface area contributed by atoms with Gasteiger partial charge < -0.3 is 18.9 Å². The van der Waals surface area contributed by atoms with Crippen LogP contribution in [0.3, 0.4) is 0 Å². The van der Waals surface area contributed by atoms with Gasteiger partial charge in [0.15, 0.2) is 5.82 Å². The van der Waals surface area contributed by atoms with Crippen molar-refractivity contribution in [3.8, 4) is 0 Å². The van der Waals surface area contributed by atoms with Crippen LogP contribution in [0.5, 0.6) is 0 Å². The maximum atomic E-state index is 12.9. The minimum Gasteiger partial charge on any atom is -0.376 e. The van der Waals surface area contributed by atoms with Crippen LogP contribution in [0.1, 0.15) is 45.3 Å². The molecule has 2 aliphatic heterocycles. The Labute approximate surface area is 143 Å². The number of carbonyl (C=O) groups is 1. The minimum absolute atomic E-state index is 0.0512. The predicted octanol–water partition coefficient (Wildman–Crippen LogP) is 1.40. The van der Waals surface area contributed by atoms with Gasteiger partial charge in [0, 0.05) is 26.1 Å². The van der Waals surface area contributed by atoms with Crippen LogP contribution in [0.4, 0.5) is 0 Å². The Balaban J connectivity index is 1.62. The molecule has 0 N–H and O–H groups in total. The molecule has 0 aromatic carbocycles. The second-order valence-corrected chi connectivity index (χ2v) is 6.93. The van der Waals surface area contributed by atoms with E-state index in [4.69, 9.17) is 9.47 Å². The summed E-state index contributed by atoms with van der Waals surface area (Å²) in [7, 11) is 0. The molecule has 0 saturated carbocycles. The molecule has 1 amide bonds. The number of carbonyl (C=O) groups excluding carboxylic acids is 1. The Morgan fingerprint density at radius 3 is 2.88 bits per heavy atom. The van der Waals surface area contributed by atoms with Crippen molar-refractivity contribution in [1.82, 2.24) is 19.7 Å². The lowest BCUT2D eigenvalue weighted by Crippen LogP contribution is -2.47. The molecule has 0 spiro atoms. The minimum atomic E-state index is -0.422. The van der Waals surface area contributed by atoms with Gasteiger partial charge in [-0.3, -0.25) is 4.79 Å². The van der Waals surface area contributed by atoms with E-state index in [1.165, 1.54) is 0 Å². The van der Waals surface area contributed by atoms with E-state index in [9.17, 15) is 4.79 Å². The molecule has 1 aromatic heterocycles. The van der Waals surface area contributed by atoms with Crippen molar-refractivity contribution < 1.29 is 14.3 Å². The lowest BCUT2D eigenvalue weighted by molar-refractivity contribution is -0.150. The van der Waals surface area contributed by atoms with Crippen LogP contribution in [-0.4, -0.2) is 57.5 Å². The van der Waals surface area contributed by atoms with Crippen LogP contribution in [0.25, 0.3) is 0 Å². The summed E-state index contributed by atoms with van der Waals surface area (Å²) < 4.78 is 13.7. The van der Waals surface area contributed by atoms with Gasteiger partial charge >= 0.3 is 0 Å². The van der Waals surface area contributed by atoms with Crippen LogP contribution >= 0.6 is 0 Å². The fourth-order valence-electron chi connectivity index (χ4n) is 3.38. The number of hydrogen-bond acceptors (Lipinski definition) is 5. The van der Waals surface area contributed by atoms with Crippen molar-refractivity contribution in [3.63, 3.8) is 0 Å².